The predicted octanol–water partition coefficient (Wildman–Crippen LogP) is 1.30. The van der Waals surface area contributed by atoms with E-state index >= 15 is 0 Å². The molecular weight excluding hydrogens is 169 g/mol. The number of hydrogen-bond acceptors (Lipinski definition) is 3. The monoisotopic (exact) mass is 185 g/mol. The van der Waals surface area contributed by atoms with E-state index in [1.807, 2.05) is 13.8 Å². The van der Waals surface area contributed by atoms with Gasteiger partial charge in [0.15, 0.2) is 0 Å². The largest absolute Gasteiger partial charge is 0.469 e. The topological polar surface area (TPSA) is 102 Å². The molecule has 0 spiro atoms. The van der Waals surface area contributed by atoms with Gasteiger partial charge in [0.25, 0.3) is 0 Å². The van der Waals surface area contributed by atoms with E-state index in [-0.39, 0.29) is 12.1 Å². The fraction of sp³-hybridized carbons (Fsp3) is 1.00. The maximum atomic E-state index is 10.2. The summed E-state index contributed by atoms with van der Waals surface area (Å²) >= 11 is 0. The average Bonchev–Trinajstić information content (AvgIpc) is 1.60. The van der Waals surface area contributed by atoms with Gasteiger partial charge in [-0.15, -0.1) is 0 Å². The fourth-order valence-electron chi connectivity index (χ4n) is 0.338. The van der Waals surface area contributed by atoms with Crippen LogP contribution >= 0.6 is 7.82 Å². The Labute approximate surface area is 66.6 Å². The highest BCUT2D eigenvalue weighted by Gasteiger charge is 2.20. The highest BCUT2D eigenvalue weighted by Crippen LogP contribution is 2.38. The van der Waals surface area contributed by atoms with E-state index in [1.54, 1.807) is 6.92 Å². The lowest BCUT2D eigenvalue weighted by Crippen LogP contribution is -2.13. The summed E-state index contributed by atoms with van der Waals surface area (Å²) in [6, 6.07) is 0. The van der Waals surface area contributed by atoms with Gasteiger partial charge in [0.05, 0.1) is 6.10 Å². The summed E-state index contributed by atoms with van der Waals surface area (Å²) in [6.45, 7) is 5.30. The normalized spacial score (nSPS) is 14.4. The summed E-state index contributed by atoms with van der Waals surface area (Å²) < 4.78 is 14.6. The van der Waals surface area contributed by atoms with Crippen LogP contribution in [0.25, 0.3) is 0 Å². The molecule has 0 heterocycles. The molecule has 6 heteroatoms. The Morgan fingerprint density at radius 2 is 1.64 bits per heavy atom. The van der Waals surface area contributed by atoms with Gasteiger partial charge in [0, 0.05) is 0 Å². The maximum Gasteiger partial charge on any atom is 0.469 e. The van der Waals surface area contributed by atoms with Crippen LogP contribution in [0.2, 0.25) is 0 Å². The first kappa shape index (κ1) is 13.6. The molecule has 5 nitrogen and oxygen atoms in total. The first-order valence-electron chi connectivity index (χ1n) is 3.07. The van der Waals surface area contributed by atoms with Gasteiger partial charge in [-0.1, -0.05) is 13.8 Å². The van der Waals surface area contributed by atoms with Crippen LogP contribution in [0.5, 0.6) is 0 Å². The zero-order chi connectivity index (χ0) is 8.36. The van der Waals surface area contributed by atoms with Crippen LogP contribution in [-0.4, -0.2) is 15.9 Å². The molecule has 0 amide bonds. The molecule has 5 N–H and O–H groups in total. The maximum absolute atomic E-state index is 10.2. The average molecular weight is 185 g/mol. The van der Waals surface area contributed by atoms with Crippen LogP contribution in [-0.2, 0) is 9.09 Å². The summed E-state index contributed by atoms with van der Waals surface area (Å²) in [7, 11) is -4.28. The lowest BCUT2D eigenvalue weighted by Gasteiger charge is -2.16. The highest BCUT2D eigenvalue weighted by atomic mass is 31.2. The molecule has 0 fully saturated rings. The molecule has 0 aliphatic heterocycles. The van der Waals surface area contributed by atoms with E-state index in [4.69, 9.17) is 9.79 Å². The third-order valence-corrected chi connectivity index (χ3v) is 1.85. The molecule has 0 aromatic heterocycles. The molecule has 0 aliphatic rings. The first-order chi connectivity index (χ1) is 4.33. The fourth-order valence-corrected chi connectivity index (χ4v) is 1.01. The van der Waals surface area contributed by atoms with Gasteiger partial charge < -0.3 is 15.9 Å². The smallest absolute Gasteiger partial charge is 0.344 e. The molecular formula is C5H16NO4P. The molecule has 0 saturated heterocycles. The summed E-state index contributed by atoms with van der Waals surface area (Å²) in [6.07, 6.45) is -0.402. The van der Waals surface area contributed by atoms with Crippen molar-refractivity contribution < 1.29 is 18.9 Å². The van der Waals surface area contributed by atoms with E-state index in [9.17, 15) is 4.57 Å². The second-order valence-corrected chi connectivity index (χ2v) is 3.74. The van der Waals surface area contributed by atoms with E-state index < -0.39 is 13.9 Å². The lowest BCUT2D eigenvalue weighted by atomic mass is 10.1. The van der Waals surface area contributed by atoms with E-state index in [1.165, 1.54) is 0 Å². The minimum absolute atomic E-state index is 0. The van der Waals surface area contributed by atoms with Gasteiger partial charge in [-0.05, 0) is 12.8 Å². The summed E-state index contributed by atoms with van der Waals surface area (Å²) in [5.74, 6) is 0.118. The molecule has 0 radical (unpaired) electrons. The summed E-state index contributed by atoms with van der Waals surface area (Å²) in [5, 5.41) is 0. The van der Waals surface area contributed by atoms with Crippen LogP contribution in [0.15, 0.2) is 0 Å². The zero-order valence-electron chi connectivity index (χ0n) is 7.02. The molecule has 0 aromatic rings. The molecule has 1 unspecified atom stereocenters. The first-order valence-corrected chi connectivity index (χ1v) is 4.60. The second kappa shape index (κ2) is 4.85. The van der Waals surface area contributed by atoms with Crippen molar-refractivity contribution in [3.8, 4) is 0 Å². The number of phosphoric ester groups is 1. The quantitative estimate of drug-likeness (QED) is 0.575. The van der Waals surface area contributed by atoms with E-state index in [0.29, 0.717) is 0 Å². The third kappa shape index (κ3) is 7.97. The van der Waals surface area contributed by atoms with Crippen molar-refractivity contribution in [3.05, 3.63) is 0 Å². The number of hydrogen-bond donors (Lipinski definition) is 3. The molecule has 0 bridgehead atoms. The minimum atomic E-state index is -4.28. The van der Waals surface area contributed by atoms with Gasteiger partial charge in [0.1, 0.15) is 0 Å². The molecule has 0 aliphatic carbocycles. The van der Waals surface area contributed by atoms with E-state index in [0.717, 1.165) is 0 Å². The van der Waals surface area contributed by atoms with Gasteiger partial charge in [0.2, 0.25) is 0 Å². The minimum Gasteiger partial charge on any atom is -0.344 e. The Kier molecular flexibility index (Phi) is 6.02. The zero-order valence-corrected chi connectivity index (χ0v) is 7.91. The Bertz CT molecular complexity index is 143. The summed E-state index contributed by atoms with van der Waals surface area (Å²) in [4.78, 5) is 16.7. The Morgan fingerprint density at radius 1 is 1.27 bits per heavy atom. The van der Waals surface area contributed by atoms with Crippen molar-refractivity contribution in [2.75, 3.05) is 0 Å². The number of rotatable bonds is 3. The standard InChI is InChI=1S/C5H13O4P.H3N/c1-4(2)5(3)9-10(6,7)8;/h4-5H,1-3H3,(H2,6,7,8);1H3. The van der Waals surface area contributed by atoms with Crippen molar-refractivity contribution in [1.29, 1.82) is 0 Å². The van der Waals surface area contributed by atoms with Crippen LogP contribution in [0.4, 0.5) is 0 Å². The Morgan fingerprint density at radius 3 is 1.73 bits per heavy atom. The second-order valence-electron chi connectivity index (χ2n) is 2.55. The van der Waals surface area contributed by atoms with Crippen molar-refractivity contribution in [1.82, 2.24) is 6.15 Å². The number of phosphoric acid groups is 1. The third-order valence-electron chi connectivity index (χ3n) is 1.24. The summed E-state index contributed by atoms with van der Waals surface area (Å²) in [5.41, 5.74) is 0. The van der Waals surface area contributed by atoms with Crippen LogP contribution in [0, 0.1) is 5.92 Å². The highest BCUT2D eigenvalue weighted by molar-refractivity contribution is 7.46. The van der Waals surface area contributed by atoms with Gasteiger partial charge in [-0.2, -0.15) is 0 Å². The van der Waals surface area contributed by atoms with Crippen LogP contribution in [0.1, 0.15) is 20.8 Å². The molecule has 1 atom stereocenters. The Balaban J connectivity index is 0. The molecule has 0 rings (SSSR count). The SMILES string of the molecule is CC(C)C(C)OP(=O)(O)O.N. The predicted molar refractivity (Wildman–Crippen MR) is 42.5 cm³/mol. The van der Waals surface area contributed by atoms with Gasteiger partial charge >= 0.3 is 7.82 Å². The van der Waals surface area contributed by atoms with Crippen molar-refractivity contribution in [2.24, 2.45) is 5.92 Å². The van der Waals surface area contributed by atoms with Crippen molar-refractivity contribution in [3.63, 3.8) is 0 Å². The molecule has 0 saturated carbocycles. The molecule has 70 valence electrons. The van der Waals surface area contributed by atoms with Crippen LogP contribution < -0.4 is 6.15 Å². The van der Waals surface area contributed by atoms with Crippen LogP contribution in [0.3, 0.4) is 0 Å². The van der Waals surface area contributed by atoms with E-state index in [2.05, 4.69) is 4.52 Å². The van der Waals surface area contributed by atoms with Gasteiger partial charge in [-0.25, -0.2) is 4.57 Å². The van der Waals surface area contributed by atoms with Crippen molar-refractivity contribution >= 4 is 7.82 Å². The molecule has 0 aromatic carbocycles. The molecule has 11 heavy (non-hydrogen) atoms. The van der Waals surface area contributed by atoms with Crippen molar-refractivity contribution in [2.45, 2.75) is 26.9 Å². The lowest BCUT2D eigenvalue weighted by molar-refractivity contribution is 0.113. The Hall–Kier alpha value is 0.0700. The van der Waals surface area contributed by atoms with Gasteiger partial charge in [-0.3, -0.25) is 4.52 Å².